The van der Waals surface area contributed by atoms with Gasteiger partial charge in [0.05, 0.1) is 6.54 Å². The minimum atomic E-state index is 0.0372. The molecule has 0 unspecified atom stereocenters. The van der Waals surface area contributed by atoms with Crippen LogP contribution in [-0.4, -0.2) is 44.1 Å². The highest BCUT2D eigenvalue weighted by molar-refractivity contribution is 5.77. The molecule has 0 bridgehead atoms. The van der Waals surface area contributed by atoms with Crippen molar-refractivity contribution in [2.24, 2.45) is 5.73 Å². The molecule has 5 heteroatoms. The van der Waals surface area contributed by atoms with E-state index >= 15 is 0 Å². The monoisotopic (exact) mass is 265 g/mol. The van der Waals surface area contributed by atoms with Gasteiger partial charge in [-0.1, -0.05) is 12.1 Å². The molecule has 0 saturated heterocycles. The van der Waals surface area contributed by atoms with Gasteiger partial charge >= 0.3 is 0 Å². The lowest BCUT2D eigenvalue weighted by Gasteiger charge is -2.16. The van der Waals surface area contributed by atoms with Gasteiger partial charge in [-0.15, -0.1) is 0 Å². The normalized spacial score (nSPS) is 10.5. The van der Waals surface area contributed by atoms with E-state index < -0.39 is 0 Å². The fraction of sp³-hybridized carbons (Fsp3) is 0.500. The highest BCUT2D eigenvalue weighted by Crippen LogP contribution is 2.12. The van der Waals surface area contributed by atoms with E-state index in [1.54, 1.807) is 0 Å². The number of nitrogens with zero attached hydrogens (tertiary/aromatic N) is 1. The van der Waals surface area contributed by atoms with Crippen molar-refractivity contribution in [1.29, 1.82) is 0 Å². The number of amides is 1. The summed E-state index contributed by atoms with van der Waals surface area (Å²) >= 11 is 0. The Morgan fingerprint density at radius 3 is 2.95 bits per heavy atom. The number of hydrogen-bond donors (Lipinski definition) is 2. The summed E-state index contributed by atoms with van der Waals surface area (Å²) < 4.78 is 5.63. The standard InChI is InChI=1S/C14H23N3O2/c1-3-16-14(18)11-17(2)7-8-19-13-6-4-5-12(9-13)10-15/h4-6,9H,3,7-8,10-11,15H2,1-2H3,(H,16,18). The topological polar surface area (TPSA) is 67.6 Å². The predicted octanol–water partition coefficient (Wildman–Crippen LogP) is 0.592. The summed E-state index contributed by atoms with van der Waals surface area (Å²) in [5.41, 5.74) is 6.62. The second-order valence-corrected chi connectivity index (χ2v) is 4.39. The summed E-state index contributed by atoms with van der Waals surface area (Å²) in [4.78, 5) is 13.3. The van der Waals surface area contributed by atoms with E-state index in [9.17, 15) is 4.79 Å². The number of hydrogen-bond acceptors (Lipinski definition) is 4. The second-order valence-electron chi connectivity index (χ2n) is 4.39. The molecule has 3 N–H and O–H groups in total. The molecule has 0 aliphatic rings. The van der Waals surface area contributed by atoms with Gasteiger partial charge in [-0.2, -0.15) is 0 Å². The molecule has 1 aromatic rings. The molecular weight excluding hydrogens is 242 g/mol. The Bertz CT molecular complexity index is 396. The average Bonchev–Trinajstić information content (AvgIpc) is 2.39. The SMILES string of the molecule is CCNC(=O)CN(C)CCOc1cccc(CN)c1. The van der Waals surface area contributed by atoms with Crippen LogP contribution in [0.5, 0.6) is 5.75 Å². The van der Waals surface area contributed by atoms with Gasteiger partial charge in [0.2, 0.25) is 5.91 Å². The van der Waals surface area contributed by atoms with Crippen molar-refractivity contribution in [3.05, 3.63) is 29.8 Å². The van der Waals surface area contributed by atoms with Crippen molar-refractivity contribution in [2.45, 2.75) is 13.5 Å². The minimum Gasteiger partial charge on any atom is -0.492 e. The van der Waals surface area contributed by atoms with Crippen LogP contribution >= 0.6 is 0 Å². The van der Waals surface area contributed by atoms with E-state index in [1.807, 2.05) is 43.1 Å². The summed E-state index contributed by atoms with van der Waals surface area (Å²) in [6, 6.07) is 7.73. The smallest absolute Gasteiger partial charge is 0.234 e. The van der Waals surface area contributed by atoms with Crippen LogP contribution in [0.15, 0.2) is 24.3 Å². The van der Waals surface area contributed by atoms with Crippen LogP contribution in [0.3, 0.4) is 0 Å². The molecule has 0 spiro atoms. The summed E-state index contributed by atoms with van der Waals surface area (Å²) in [5.74, 6) is 0.851. The maximum Gasteiger partial charge on any atom is 0.234 e. The predicted molar refractivity (Wildman–Crippen MR) is 76.0 cm³/mol. The molecule has 0 saturated carbocycles. The first-order valence-electron chi connectivity index (χ1n) is 6.52. The van der Waals surface area contributed by atoms with Crippen LogP contribution in [0.2, 0.25) is 0 Å². The van der Waals surface area contributed by atoms with Crippen molar-refractivity contribution in [3.8, 4) is 5.75 Å². The van der Waals surface area contributed by atoms with Gasteiger partial charge in [0.25, 0.3) is 0 Å². The van der Waals surface area contributed by atoms with Crippen molar-refractivity contribution in [2.75, 3.05) is 33.3 Å². The lowest BCUT2D eigenvalue weighted by molar-refractivity contribution is -0.121. The van der Waals surface area contributed by atoms with Crippen LogP contribution in [-0.2, 0) is 11.3 Å². The van der Waals surface area contributed by atoms with Gasteiger partial charge in [0, 0.05) is 19.6 Å². The number of benzene rings is 1. The second kappa shape index (κ2) is 8.50. The Kier molecular flexibility index (Phi) is 6.92. The minimum absolute atomic E-state index is 0.0372. The zero-order valence-electron chi connectivity index (χ0n) is 11.7. The molecule has 1 amide bonds. The molecule has 5 nitrogen and oxygen atoms in total. The van der Waals surface area contributed by atoms with Crippen molar-refractivity contribution < 1.29 is 9.53 Å². The first-order valence-corrected chi connectivity index (χ1v) is 6.52. The van der Waals surface area contributed by atoms with E-state index in [0.29, 0.717) is 32.8 Å². The zero-order chi connectivity index (χ0) is 14.1. The number of likely N-dealkylation sites (N-methyl/N-ethyl adjacent to an activating group) is 2. The van der Waals surface area contributed by atoms with Gasteiger partial charge < -0.3 is 15.8 Å². The first-order chi connectivity index (χ1) is 9.15. The maximum atomic E-state index is 11.4. The first kappa shape index (κ1) is 15.5. The van der Waals surface area contributed by atoms with Crippen LogP contribution in [0, 0.1) is 0 Å². The van der Waals surface area contributed by atoms with Gasteiger partial charge in [-0.3, -0.25) is 9.69 Å². The third-order valence-electron chi connectivity index (χ3n) is 2.66. The van der Waals surface area contributed by atoms with Gasteiger partial charge in [0.15, 0.2) is 0 Å². The average molecular weight is 265 g/mol. The molecule has 0 aromatic heterocycles. The lowest BCUT2D eigenvalue weighted by Crippen LogP contribution is -2.36. The third-order valence-corrected chi connectivity index (χ3v) is 2.66. The molecule has 1 rings (SSSR count). The molecular formula is C14H23N3O2. The van der Waals surface area contributed by atoms with Gasteiger partial charge in [-0.25, -0.2) is 0 Å². The van der Waals surface area contributed by atoms with Crippen LogP contribution in [0.25, 0.3) is 0 Å². The molecule has 0 aliphatic carbocycles. The Morgan fingerprint density at radius 1 is 1.47 bits per heavy atom. The van der Waals surface area contributed by atoms with Crippen LogP contribution in [0.1, 0.15) is 12.5 Å². The van der Waals surface area contributed by atoms with E-state index in [2.05, 4.69) is 5.32 Å². The molecule has 0 heterocycles. The fourth-order valence-electron chi connectivity index (χ4n) is 1.66. The van der Waals surface area contributed by atoms with Gasteiger partial charge in [-0.05, 0) is 31.7 Å². The number of nitrogens with two attached hydrogens (primary N) is 1. The Hall–Kier alpha value is -1.59. The highest BCUT2D eigenvalue weighted by atomic mass is 16.5. The Morgan fingerprint density at radius 2 is 2.26 bits per heavy atom. The lowest BCUT2D eigenvalue weighted by atomic mass is 10.2. The quantitative estimate of drug-likeness (QED) is 0.722. The summed E-state index contributed by atoms with van der Waals surface area (Å²) in [7, 11) is 1.90. The molecule has 1 aromatic carbocycles. The van der Waals surface area contributed by atoms with E-state index in [0.717, 1.165) is 11.3 Å². The van der Waals surface area contributed by atoms with E-state index in [1.165, 1.54) is 0 Å². The van der Waals surface area contributed by atoms with Crippen molar-refractivity contribution >= 4 is 5.91 Å². The Balaban J connectivity index is 2.27. The maximum absolute atomic E-state index is 11.4. The fourth-order valence-corrected chi connectivity index (χ4v) is 1.66. The van der Waals surface area contributed by atoms with E-state index in [-0.39, 0.29) is 5.91 Å². The highest BCUT2D eigenvalue weighted by Gasteiger charge is 2.05. The molecule has 0 fully saturated rings. The van der Waals surface area contributed by atoms with Crippen molar-refractivity contribution in [3.63, 3.8) is 0 Å². The Labute approximate surface area is 114 Å². The molecule has 0 atom stereocenters. The van der Waals surface area contributed by atoms with Gasteiger partial charge in [0.1, 0.15) is 12.4 Å². The third kappa shape index (κ3) is 6.22. The molecule has 19 heavy (non-hydrogen) atoms. The van der Waals surface area contributed by atoms with E-state index in [4.69, 9.17) is 10.5 Å². The molecule has 0 radical (unpaired) electrons. The number of ether oxygens (including phenoxy) is 1. The molecule has 106 valence electrons. The summed E-state index contributed by atoms with van der Waals surface area (Å²) in [6.45, 7) is 4.71. The number of nitrogens with one attached hydrogen (secondary N) is 1. The number of rotatable bonds is 8. The van der Waals surface area contributed by atoms with Crippen LogP contribution < -0.4 is 15.8 Å². The largest absolute Gasteiger partial charge is 0.492 e. The van der Waals surface area contributed by atoms with Crippen molar-refractivity contribution in [1.82, 2.24) is 10.2 Å². The van der Waals surface area contributed by atoms with Crippen LogP contribution in [0.4, 0.5) is 0 Å². The number of carbonyl (C=O) groups is 1. The zero-order valence-corrected chi connectivity index (χ0v) is 11.7. The summed E-state index contributed by atoms with van der Waals surface area (Å²) in [5, 5.41) is 2.76. The number of carbonyl (C=O) groups excluding carboxylic acids is 1. The molecule has 0 aliphatic heterocycles. The summed E-state index contributed by atoms with van der Waals surface area (Å²) in [6.07, 6.45) is 0.